The van der Waals surface area contributed by atoms with Crippen LogP contribution in [0.15, 0.2) is 47.3 Å². The van der Waals surface area contributed by atoms with Crippen LogP contribution in [0.2, 0.25) is 5.02 Å². The van der Waals surface area contributed by atoms with E-state index in [2.05, 4.69) is 15.3 Å². The van der Waals surface area contributed by atoms with Crippen molar-refractivity contribution >= 4 is 34.1 Å². The minimum atomic E-state index is -0.288. The maximum Gasteiger partial charge on any atom is 0.258 e. The molecule has 142 valence electrons. The van der Waals surface area contributed by atoms with E-state index in [0.717, 1.165) is 0 Å². The molecule has 0 unspecified atom stereocenters. The van der Waals surface area contributed by atoms with Crippen LogP contribution in [-0.2, 0) is 11.3 Å². The van der Waals surface area contributed by atoms with Crippen LogP contribution in [0.3, 0.4) is 0 Å². The standard InChI is InChI=1S/C20H18ClN5O2/c1-2-26(11-18-23-16-6-4-3-5-15(16)20(28)25-18)12-19(27)24-17-9-14(21)8-7-13(17)10-22/h3-9H,2,11-12H2,1H3,(H,24,27)(H,23,25,28). The van der Waals surface area contributed by atoms with Crippen LogP contribution in [0.5, 0.6) is 0 Å². The Labute approximate surface area is 166 Å². The molecule has 3 aromatic rings. The van der Waals surface area contributed by atoms with E-state index in [1.165, 1.54) is 6.07 Å². The maximum atomic E-state index is 12.4. The highest BCUT2D eigenvalue weighted by molar-refractivity contribution is 6.31. The smallest absolute Gasteiger partial charge is 0.258 e. The Balaban J connectivity index is 1.73. The molecule has 0 saturated heterocycles. The fraction of sp³-hybridized carbons (Fsp3) is 0.200. The summed E-state index contributed by atoms with van der Waals surface area (Å²) in [7, 11) is 0. The van der Waals surface area contributed by atoms with Crippen molar-refractivity contribution in [2.45, 2.75) is 13.5 Å². The normalized spacial score (nSPS) is 10.8. The zero-order valence-corrected chi connectivity index (χ0v) is 16.0. The largest absolute Gasteiger partial charge is 0.324 e. The van der Waals surface area contributed by atoms with Crippen molar-refractivity contribution in [1.29, 1.82) is 5.26 Å². The van der Waals surface area contributed by atoms with Crippen molar-refractivity contribution in [3.05, 3.63) is 69.2 Å². The monoisotopic (exact) mass is 395 g/mol. The molecule has 0 radical (unpaired) electrons. The number of nitrogens with one attached hydrogen (secondary N) is 2. The highest BCUT2D eigenvalue weighted by Crippen LogP contribution is 2.20. The number of nitrogens with zero attached hydrogens (tertiary/aromatic N) is 3. The lowest BCUT2D eigenvalue weighted by molar-refractivity contribution is -0.117. The molecule has 2 aromatic carbocycles. The van der Waals surface area contributed by atoms with E-state index in [9.17, 15) is 9.59 Å². The van der Waals surface area contributed by atoms with Crippen LogP contribution in [0.25, 0.3) is 10.9 Å². The number of para-hydroxylation sites is 1. The number of benzene rings is 2. The summed E-state index contributed by atoms with van der Waals surface area (Å²) in [4.78, 5) is 33.7. The second kappa shape index (κ2) is 8.65. The van der Waals surface area contributed by atoms with Gasteiger partial charge in [0.2, 0.25) is 5.91 Å². The van der Waals surface area contributed by atoms with Crippen molar-refractivity contribution in [3.63, 3.8) is 0 Å². The van der Waals surface area contributed by atoms with Crippen LogP contribution < -0.4 is 10.9 Å². The number of carbonyl (C=O) groups excluding carboxylic acids is 1. The van der Waals surface area contributed by atoms with E-state index in [-0.39, 0.29) is 18.0 Å². The Morgan fingerprint density at radius 2 is 2.11 bits per heavy atom. The van der Waals surface area contributed by atoms with Crippen molar-refractivity contribution in [3.8, 4) is 6.07 Å². The summed E-state index contributed by atoms with van der Waals surface area (Å²) in [6.45, 7) is 2.87. The van der Waals surface area contributed by atoms with Gasteiger partial charge in [-0.05, 0) is 36.9 Å². The number of likely N-dealkylation sites (N-methyl/N-ethyl adjacent to an activating group) is 1. The fourth-order valence-corrected chi connectivity index (χ4v) is 2.98. The molecule has 0 saturated carbocycles. The second-order valence-corrected chi connectivity index (χ2v) is 6.62. The van der Waals surface area contributed by atoms with E-state index in [0.29, 0.717) is 46.1 Å². The van der Waals surface area contributed by atoms with Crippen molar-refractivity contribution < 1.29 is 4.79 Å². The summed E-state index contributed by atoms with van der Waals surface area (Å²) >= 11 is 5.95. The van der Waals surface area contributed by atoms with Gasteiger partial charge < -0.3 is 10.3 Å². The zero-order valence-electron chi connectivity index (χ0n) is 15.2. The Kier molecular flexibility index (Phi) is 6.04. The van der Waals surface area contributed by atoms with Crippen LogP contribution in [0, 0.1) is 11.3 Å². The van der Waals surface area contributed by atoms with Gasteiger partial charge in [-0.2, -0.15) is 5.26 Å². The molecule has 0 spiro atoms. The van der Waals surface area contributed by atoms with E-state index < -0.39 is 0 Å². The Morgan fingerprint density at radius 1 is 1.32 bits per heavy atom. The maximum absolute atomic E-state index is 12.4. The number of fused-ring (bicyclic) bond motifs is 1. The summed E-state index contributed by atoms with van der Waals surface area (Å²) in [5.41, 5.74) is 1.10. The average Bonchev–Trinajstić information content (AvgIpc) is 2.67. The number of anilines is 1. The van der Waals surface area contributed by atoms with Gasteiger partial charge in [0, 0.05) is 5.02 Å². The quantitative estimate of drug-likeness (QED) is 0.668. The van der Waals surface area contributed by atoms with Crippen LogP contribution in [-0.4, -0.2) is 33.9 Å². The van der Waals surface area contributed by atoms with E-state index >= 15 is 0 Å². The number of rotatable bonds is 6. The summed E-state index contributed by atoms with van der Waals surface area (Å²) in [6.07, 6.45) is 0. The topological polar surface area (TPSA) is 102 Å². The van der Waals surface area contributed by atoms with Crippen LogP contribution in [0.4, 0.5) is 5.69 Å². The molecule has 0 aliphatic carbocycles. The van der Waals surface area contributed by atoms with E-state index in [4.69, 9.17) is 16.9 Å². The SMILES string of the molecule is CCN(CC(=O)Nc1cc(Cl)ccc1C#N)Cc1nc2ccccc2c(=O)[nH]1. The first-order valence-corrected chi connectivity index (χ1v) is 9.07. The van der Waals surface area contributed by atoms with Gasteiger partial charge >= 0.3 is 0 Å². The van der Waals surface area contributed by atoms with E-state index in [1.807, 2.05) is 24.0 Å². The van der Waals surface area contributed by atoms with Crippen molar-refractivity contribution in [2.75, 3.05) is 18.4 Å². The second-order valence-electron chi connectivity index (χ2n) is 6.18. The predicted octanol–water partition coefficient (Wildman–Crippen LogP) is 2.91. The summed E-state index contributed by atoms with van der Waals surface area (Å²) < 4.78 is 0. The van der Waals surface area contributed by atoms with Gasteiger partial charge in [-0.15, -0.1) is 0 Å². The molecule has 0 bridgehead atoms. The molecule has 1 amide bonds. The molecule has 2 N–H and O–H groups in total. The van der Waals surface area contributed by atoms with Gasteiger partial charge in [0.1, 0.15) is 11.9 Å². The summed E-state index contributed by atoms with van der Waals surface area (Å²) in [5, 5.41) is 12.8. The van der Waals surface area contributed by atoms with Gasteiger partial charge in [0.15, 0.2) is 0 Å². The molecule has 7 nitrogen and oxygen atoms in total. The van der Waals surface area contributed by atoms with Gasteiger partial charge in [-0.25, -0.2) is 4.98 Å². The number of aromatic amines is 1. The molecule has 0 fully saturated rings. The van der Waals surface area contributed by atoms with Gasteiger partial charge in [0.05, 0.1) is 35.2 Å². The molecular formula is C20H18ClN5O2. The molecular weight excluding hydrogens is 378 g/mol. The first-order valence-electron chi connectivity index (χ1n) is 8.70. The Bertz CT molecular complexity index is 1120. The minimum Gasteiger partial charge on any atom is -0.324 e. The van der Waals surface area contributed by atoms with Gasteiger partial charge in [0.25, 0.3) is 5.56 Å². The summed E-state index contributed by atoms with van der Waals surface area (Å²) in [6, 6.07) is 13.8. The highest BCUT2D eigenvalue weighted by Gasteiger charge is 2.14. The summed E-state index contributed by atoms with van der Waals surface area (Å²) in [5.74, 6) is 0.197. The molecule has 1 heterocycles. The number of carbonyl (C=O) groups is 1. The third kappa shape index (κ3) is 4.55. The average molecular weight is 396 g/mol. The number of hydrogen-bond donors (Lipinski definition) is 2. The number of nitriles is 1. The lowest BCUT2D eigenvalue weighted by Crippen LogP contribution is -2.34. The Hall–Kier alpha value is -3.21. The number of hydrogen-bond acceptors (Lipinski definition) is 5. The third-order valence-corrected chi connectivity index (χ3v) is 4.46. The number of amides is 1. The number of halogens is 1. The molecule has 28 heavy (non-hydrogen) atoms. The third-order valence-electron chi connectivity index (χ3n) is 4.23. The van der Waals surface area contributed by atoms with Crippen molar-refractivity contribution in [2.24, 2.45) is 0 Å². The lowest BCUT2D eigenvalue weighted by atomic mass is 10.2. The zero-order chi connectivity index (χ0) is 20.1. The first-order chi connectivity index (χ1) is 13.5. The highest BCUT2D eigenvalue weighted by atomic mass is 35.5. The molecule has 3 rings (SSSR count). The molecule has 8 heteroatoms. The molecule has 1 aromatic heterocycles. The number of H-pyrrole nitrogens is 1. The van der Waals surface area contributed by atoms with Crippen LogP contribution >= 0.6 is 11.6 Å². The predicted molar refractivity (Wildman–Crippen MR) is 108 cm³/mol. The number of aromatic nitrogens is 2. The fourth-order valence-electron chi connectivity index (χ4n) is 2.81. The minimum absolute atomic E-state index is 0.0738. The molecule has 0 aliphatic rings. The van der Waals surface area contributed by atoms with Crippen molar-refractivity contribution in [1.82, 2.24) is 14.9 Å². The molecule has 0 atom stereocenters. The molecule has 0 aliphatic heterocycles. The first kappa shape index (κ1) is 19.5. The van der Waals surface area contributed by atoms with Gasteiger partial charge in [-0.3, -0.25) is 14.5 Å². The van der Waals surface area contributed by atoms with Crippen LogP contribution in [0.1, 0.15) is 18.3 Å². The lowest BCUT2D eigenvalue weighted by Gasteiger charge is -2.19. The van der Waals surface area contributed by atoms with E-state index in [1.54, 1.807) is 30.3 Å². The van der Waals surface area contributed by atoms with Gasteiger partial charge in [-0.1, -0.05) is 30.7 Å². The Morgan fingerprint density at radius 3 is 2.86 bits per heavy atom.